The molecular formula is C21H28N4OS. The van der Waals surface area contributed by atoms with Gasteiger partial charge >= 0.3 is 0 Å². The summed E-state index contributed by atoms with van der Waals surface area (Å²) >= 11 is 1.63. The number of likely N-dealkylation sites (tertiary alicyclic amines) is 1. The topological polar surface area (TPSA) is 39.7 Å². The SMILES string of the molecule is CN1CCN(Cc2ccc(-c3nc(CC(=O)N4CCCC4)cs3)cc2)CC1. The van der Waals surface area contributed by atoms with Crippen molar-refractivity contribution in [2.24, 2.45) is 0 Å². The molecule has 6 heteroatoms. The Morgan fingerprint density at radius 2 is 1.74 bits per heavy atom. The van der Waals surface area contributed by atoms with Gasteiger partial charge in [0.1, 0.15) is 5.01 Å². The van der Waals surface area contributed by atoms with Gasteiger partial charge in [0.25, 0.3) is 0 Å². The molecule has 0 unspecified atom stereocenters. The number of rotatable bonds is 5. The molecular weight excluding hydrogens is 356 g/mol. The first-order valence-electron chi connectivity index (χ1n) is 9.90. The van der Waals surface area contributed by atoms with Crippen LogP contribution in [0.2, 0.25) is 0 Å². The molecule has 3 heterocycles. The van der Waals surface area contributed by atoms with Crippen molar-refractivity contribution in [1.29, 1.82) is 0 Å². The number of carbonyl (C=O) groups is 1. The first-order chi connectivity index (χ1) is 13.2. The Labute approximate surface area is 165 Å². The van der Waals surface area contributed by atoms with Crippen molar-refractivity contribution in [3.05, 3.63) is 40.9 Å². The van der Waals surface area contributed by atoms with E-state index in [0.29, 0.717) is 6.42 Å². The summed E-state index contributed by atoms with van der Waals surface area (Å²) < 4.78 is 0. The van der Waals surface area contributed by atoms with E-state index in [-0.39, 0.29) is 5.91 Å². The van der Waals surface area contributed by atoms with Crippen LogP contribution in [0.3, 0.4) is 0 Å². The van der Waals surface area contributed by atoms with Crippen LogP contribution in [0, 0.1) is 0 Å². The van der Waals surface area contributed by atoms with Crippen LogP contribution in [0.25, 0.3) is 10.6 Å². The Morgan fingerprint density at radius 1 is 1.04 bits per heavy atom. The number of likely N-dealkylation sites (N-methyl/N-ethyl adjacent to an activating group) is 1. The average Bonchev–Trinajstić information content (AvgIpc) is 3.36. The van der Waals surface area contributed by atoms with Gasteiger partial charge in [0.05, 0.1) is 12.1 Å². The van der Waals surface area contributed by atoms with Gasteiger partial charge in [-0.3, -0.25) is 9.69 Å². The number of nitrogens with zero attached hydrogens (tertiary/aromatic N) is 4. The van der Waals surface area contributed by atoms with Crippen LogP contribution in [-0.2, 0) is 17.8 Å². The third-order valence-electron chi connectivity index (χ3n) is 5.55. The van der Waals surface area contributed by atoms with Crippen molar-refractivity contribution in [3.8, 4) is 10.6 Å². The number of hydrogen-bond acceptors (Lipinski definition) is 5. The Kier molecular flexibility index (Phi) is 5.86. The number of thiazole rings is 1. The first-order valence-corrected chi connectivity index (χ1v) is 10.8. The number of carbonyl (C=O) groups excluding carboxylic acids is 1. The second-order valence-electron chi connectivity index (χ2n) is 7.69. The molecule has 1 amide bonds. The van der Waals surface area contributed by atoms with Gasteiger partial charge in [-0.05, 0) is 25.5 Å². The van der Waals surface area contributed by atoms with Gasteiger partial charge in [0.2, 0.25) is 5.91 Å². The lowest BCUT2D eigenvalue weighted by atomic mass is 10.1. The normalized spacial score (nSPS) is 18.9. The fourth-order valence-corrected chi connectivity index (χ4v) is 4.60. The smallest absolute Gasteiger partial charge is 0.228 e. The number of piperazine rings is 1. The Balaban J connectivity index is 1.35. The molecule has 1 aromatic carbocycles. The van der Waals surface area contributed by atoms with Crippen LogP contribution in [0.15, 0.2) is 29.6 Å². The lowest BCUT2D eigenvalue weighted by Gasteiger charge is -2.32. The zero-order chi connectivity index (χ0) is 18.6. The first kappa shape index (κ1) is 18.6. The van der Waals surface area contributed by atoms with Gasteiger partial charge in [0.15, 0.2) is 0 Å². The minimum Gasteiger partial charge on any atom is -0.342 e. The molecule has 2 saturated heterocycles. The summed E-state index contributed by atoms with van der Waals surface area (Å²) in [5, 5.41) is 3.03. The molecule has 2 aliphatic rings. The van der Waals surface area contributed by atoms with E-state index >= 15 is 0 Å². The maximum absolute atomic E-state index is 12.3. The number of aromatic nitrogens is 1. The number of amides is 1. The maximum Gasteiger partial charge on any atom is 0.228 e. The summed E-state index contributed by atoms with van der Waals surface area (Å²) in [5.41, 5.74) is 3.39. The van der Waals surface area contributed by atoms with E-state index in [0.717, 1.165) is 74.9 Å². The van der Waals surface area contributed by atoms with E-state index in [9.17, 15) is 4.79 Å². The van der Waals surface area contributed by atoms with Crippen molar-refractivity contribution in [2.75, 3.05) is 46.3 Å². The van der Waals surface area contributed by atoms with E-state index in [1.165, 1.54) is 5.56 Å². The standard InChI is InChI=1S/C21H28N4OS/c1-23-10-12-24(13-11-23)15-17-4-6-18(7-5-17)21-22-19(16-27-21)14-20(26)25-8-2-3-9-25/h4-7,16H,2-3,8-15H2,1H3. The fourth-order valence-electron chi connectivity index (χ4n) is 3.77. The van der Waals surface area contributed by atoms with Crippen LogP contribution >= 0.6 is 11.3 Å². The van der Waals surface area contributed by atoms with Crippen LogP contribution in [0.4, 0.5) is 0 Å². The number of benzene rings is 1. The quantitative estimate of drug-likeness (QED) is 0.795. The Hall–Kier alpha value is -1.76. The highest BCUT2D eigenvalue weighted by Gasteiger charge is 2.19. The molecule has 27 heavy (non-hydrogen) atoms. The molecule has 0 spiro atoms. The van der Waals surface area contributed by atoms with Crippen LogP contribution in [0.5, 0.6) is 0 Å². The van der Waals surface area contributed by atoms with Crippen molar-refractivity contribution in [3.63, 3.8) is 0 Å². The third kappa shape index (κ3) is 4.75. The predicted octanol–water partition coefficient (Wildman–Crippen LogP) is 2.72. The molecule has 2 fully saturated rings. The zero-order valence-electron chi connectivity index (χ0n) is 16.1. The molecule has 0 bridgehead atoms. The van der Waals surface area contributed by atoms with Crippen LogP contribution < -0.4 is 0 Å². The van der Waals surface area contributed by atoms with Gasteiger partial charge in [-0.2, -0.15) is 0 Å². The Morgan fingerprint density at radius 3 is 2.44 bits per heavy atom. The highest BCUT2D eigenvalue weighted by Crippen LogP contribution is 2.25. The second kappa shape index (κ2) is 8.50. The molecule has 0 N–H and O–H groups in total. The Bertz CT molecular complexity index is 759. The van der Waals surface area contributed by atoms with E-state index < -0.39 is 0 Å². The van der Waals surface area contributed by atoms with Gasteiger partial charge in [0, 0.05) is 56.8 Å². The molecule has 4 rings (SSSR count). The highest BCUT2D eigenvalue weighted by atomic mass is 32.1. The van der Waals surface area contributed by atoms with E-state index in [1.807, 2.05) is 10.3 Å². The maximum atomic E-state index is 12.3. The molecule has 1 aromatic heterocycles. The lowest BCUT2D eigenvalue weighted by Crippen LogP contribution is -2.43. The summed E-state index contributed by atoms with van der Waals surface area (Å²) in [7, 11) is 2.19. The highest BCUT2D eigenvalue weighted by molar-refractivity contribution is 7.13. The molecule has 0 aliphatic carbocycles. The molecule has 2 aliphatic heterocycles. The lowest BCUT2D eigenvalue weighted by molar-refractivity contribution is -0.129. The van der Waals surface area contributed by atoms with Crippen molar-refractivity contribution in [2.45, 2.75) is 25.8 Å². The molecule has 0 atom stereocenters. The second-order valence-corrected chi connectivity index (χ2v) is 8.54. The van der Waals surface area contributed by atoms with Crippen molar-refractivity contribution < 1.29 is 4.79 Å². The van der Waals surface area contributed by atoms with Crippen LogP contribution in [0.1, 0.15) is 24.1 Å². The summed E-state index contributed by atoms with van der Waals surface area (Å²) in [6.45, 7) is 7.40. The molecule has 5 nitrogen and oxygen atoms in total. The summed E-state index contributed by atoms with van der Waals surface area (Å²) in [5.74, 6) is 0.215. The van der Waals surface area contributed by atoms with Gasteiger partial charge in [-0.15, -0.1) is 11.3 Å². The van der Waals surface area contributed by atoms with Gasteiger partial charge in [-0.25, -0.2) is 4.98 Å². The van der Waals surface area contributed by atoms with Crippen molar-refractivity contribution in [1.82, 2.24) is 19.7 Å². The largest absolute Gasteiger partial charge is 0.342 e. The van der Waals surface area contributed by atoms with E-state index in [2.05, 4.69) is 41.1 Å². The summed E-state index contributed by atoms with van der Waals surface area (Å²) in [6, 6.07) is 8.75. The molecule has 2 aromatic rings. The third-order valence-corrected chi connectivity index (χ3v) is 6.49. The van der Waals surface area contributed by atoms with Gasteiger partial charge in [-0.1, -0.05) is 24.3 Å². The van der Waals surface area contributed by atoms with Crippen molar-refractivity contribution >= 4 is 17.2 Å². The van der Waals surface area contributed by atoms with Gasteiger partial charge < -0.3 is 9.80 Å². The van der Waals surface area contributed by atoms with E-state index in [1.54, 1.807) is 11.3 Å². The summed E-state index contributed by atoms with van der Waals surface area (Å²) in [4.78, 5) is 23.9. The molecule has 144 valence electrons. The fraction of sp³-hybridized carbons (Fsp3) is 0.524. The summed E-state index contributed by atoms with van der Waals surface area (Å²) in [6.07, 6.45) is 2.70. The predicted molar refractivity (Wildman–Crippen MR) is 110 cm³/mol. The van der Waals surface area contributed by atoms with Crippen LogP contribution in [-0.4, -0.2) is 71.9 Å². The minimum atomic E-state index is 0.215. The number of hydrogen-bond donors (Lipinski definition) is 0. The minimum absolute atomic E-state index is 0.215. The monoisotopic (exact) mass is 384 g/mol. The zero-order valence-corrected chi connectivity index (χ0v) is 16.9. The molecule has 0 saturated carbocycles. The van der Waals surface area contributed by atoms with E-state index in [4.69, 9.17) is 4.98 Å². The molecule has 0 radical (unpaired) electrons. The average molecular weight is 385 g/mol.